The number of hydrogen-bond acceptors (Lipinski definition) is 2. The summed E-state index contributed by atoms with van der Waals surface area (Å²) in [5.41, 5.74) is 3.04. The Bertz CT molecular complexity index is 718. The zero-order valence-electron chi connectivity index (χ0n) is 11.1. The third-order valence-electron chi connectivity index (χ3n) is 3.68. The average Bonchev–Trinajstić information content (AvgIpc) is 2.80. The van der Waals surface area contributed by atoms with E-state index in [0.29, 0.717) is 17.0 Å². The predicted octanol–water partition coefficient (Wildman–Crippen LogP) is 3.34. The molecule has 0 saturated heterocycles. The van der Waals surface area contributed by atoms with Crippen molar-refractivity contribution in [3.8, 4) is 0 Å². The van der Waals surface area contributed by atoms with Gasteiger partial charge >= 0.3 is 5.97 Å². The quantitative estimate of drug-likeness (QED) is 0.892. The topological polar surface area (TPSA) is 56.3 Å². The third kappa shape index (κ3) is 2.16. The van der Waals surface area contributed by atoms with Crippen molar-refractivity contribution in [2.45, 2.75) is 12.8 Å². The van der Waals surface area contributed by atoms with Gasteiger partial charge in [-0.3, -0.25) is 0 Å². The number of carboxylic acids is 1. The Balaban J connectivity index is 2.18. The number of hydrogen-bond donors (Lipinski definition) is 2. The van der Waals surface area contributed by atoms with E-state index in [1.165, 1.54) is 0 Å². The molecule has 104 valence electrons. The Hall–Kier alpha value is -1.94. The maximum Gasteiger partial charge on any atom is 0.333 e. The molecule has 1 aliphatic heterocycles. The van der Waals surface area contributed by atoms with Crippen molar-refractivity contribution in [3.63, 3.8) is 0 Å². The molecule has 4 nitrogen and oxygen atoms in total. The lowest BCUT2D eigenvalue weighted by Gasteiger charge is -2.28. The molecule has 0 fully saturated rings. The molecule has 1 aromatic heterocycles. The predicted molar refractivity (Wildman–Crippen MR) is 79.7 cm³/mol. The Labute approximate surface area is 121 Å². The standard InChI is InChI=1S/C15H15ClN2O2/c1-18-6-2-3-11(15(19)20)14(18)13-8-9-7-10(16)4-5-12(9)17-13/h4-5,7-8,17H,2-3,6H2,1H3,(H,19,20). The van der Waals surface area contributed by atoms with Gasteiger partial charge in [-0.15, -0.1) is 0 Å². The van der Waals surface area contributed by atoms with E-state index >= 15 is 0 Å². The Morgan fingerprint density at radius 2 is 2.20 bits per heavy atom. The van der Waals surface area contributed by atoms with Crippen LogP contribution in [-0.4, -0.2) is 34.6 Å². The maximum atomic E-state index is 11.4. The molecule has 0 spiro atoms. The zero-order chi connectivity index (χ0) is 14.3. The fraction of sp³-hybridized carbons (Fsp3) is 0.267. The number of aromatic nitrogens is 1. The molecule has 0 aliphatic carbocycles. The highest BCUT2D eigenvalue weighted by molar-refractivity contribution is 6.31. The Morgan fingerprint density at radius 1 is 1.40 bits per heavy atom. The minimum absolute atomic E-state index is 0.469. The van der Waals surface area contributed by atoms with Gasteiger partial charge in [0.25, 0.3) is 0 Å². The number of rotatable bonds is 2. The first-order chi connectivity index (χ1) is 9.56. The van der Waals surface area contributed by atoms with E-state index in [0.717, 1.165) is 35.3 Å². The molecule has 1 aliphatic rings. The fourth-order valence-corrected chi connectivity index (χ4v) is 2.94. The van der Waals surface area contributed by atoms with Crippen LogP contribution in [0.25, 0.3) is 16.6 Å². The van der Waals surface area contributed by atoms with Crippen molar-refractivity contribution in [3.05, 3.63) is 40.6 Å². The van der Waals surface area contributed by atoms with Gasteiger partial charge in [-0.1, -0.05) is 11.6 Å². The van der Waals surface area contributed by atoms with E-state index in [9.17, 15) is 9.90 Å². The zero-order valence-corrected chi connectivity index (χ0v) is 11.9. The lowest BCUT2D eigenvalue weighted by molar-refractivity contribution is -0.132. The number of aliphatic carboxylic acids is 1. The fourth-order valence-electron chi connectivity index (χ4n) is 2.76. The van der Waals surface area contributed by atoms with Gasteiger partial charge in [0.2, 0.25) is 0 Å². The number of fused-ring (bicyclic) bond motifs is 1. The van der Waals surface area contributed by atoms with Gasteiger partial charge in [0.05, 0.1) is 17.0 Å². The van der Waals surface area contributed by atoms with Gasteiger partial charge < -0.3 is 15.0 Å². The highest BCUT2D eigenvalue weighted by atomic mass is 35.5. The van der Waals surface area contributed by atoms with Gasteiger partial charge in [0, 0.05) is 29.5 Å². The van der Waals surface area contributed by atoms with Crippen LogP contribution in [0.1, 0.15) is 18.5 Å². The van der Waals surface area contributed by atoms with E-state index in [2.05, 4.69) is 4.98 Å². The van der Waals surface area contributed by atoms with Crippen molar-refractivity contribution in [1.29, 1.82) is 0 Å². The number of carbonyl (C=O) groups is 1. The van der Waals surface area contributed by atoms with Crippen LogP contribution >= 0.6 is 11.6 Å². The minimum Gasteiger partial charge on any atom is -0.478 e. The molecular formula is C15H15ClN2O2. The molecule has 2 aromatic rings. The summed E-state index contributed by atoms with van der Waals surface area (Å²) in [5.74, 6) is -0.844. The van der Waals surface area contributed by atoms with Gasteiger partial charge in [0.1, 0.15) is 0 Å². The Morgan fingerprint density at radius 3 is 2.95 bits per heavy atom. The third-order valence-corrected chi connectivity index (χ3v) is 3.92. The summed E-state index contributed by atoms with van der Waals surface area (Å²) in [7, 11) is 1.93. The maximum absolute atomic E-state index is 11.4. The number of nitrogens with zero attached hydrogens (tertiary/aromatic N) is 1. The largest absolute Gasteiger partial charge is 0.478 e. The molecule has 2 heterocycles. The highest BCUT2D eigenvalue weighted by Crippen LogP contribution is 2.31. The Kier molecular flexibility index (Phi) is 3.18. The van der Waals surface area contributed by atoms with Crippen LogP contribution in [0.5, 0.6) is 0 Å². The molecule has 0 bridgehead atoms. The first-order valence-corrected chi connectivity index (χ1v) is 6.90. The lowest BCUT2D eigenvalue weighted by Crippen LogP contribution is -2.26. The van der Waals surface area contributed by atoms with Crippen LogP contribution in [0.4, 0.5) is 0 Å². The van der Waals surface area contributed by atoms with Crippen LogP contribution in [0, 0.1) is 0 Å². The summed E-state index contributed by atoms with van der Waals surface area (Å²) in [5, 5.41) is 11.1. The summed E-state index contributed by atoms with van der Waals surface area (Å²) in [6.07, 6.45) is 1.47. The number of benzene rings is 1. The number of nitrogens with one attached hydrogen (secondary N) is 1. The van der Waals surface area contributed by atoms with Crippen LogP contribution in [0.3, 0.4) is 0 Å². The van der Waals surface area contributed by atoms with E-state index in [1.807, 2.05) is 36.2 Å². The van der Waals surface area contributed by atoms with Crippen LogP contribution in [0.15, 0.2) is 29.8 Å². The summed E-state index contributed by atoms with van der Waals surface area (Å²) in [6, 6.07) is 7.56. The number of aromatic amines is 1. The van der Waals surface area contributed by atoms with E-state index in [-0.39, 0.29) is 0 Å². The number of carboxylic acid groups (broad SMARTS) is 1. The molecule has 1 aromatic carbocycles. The molecule has 0 saturated carbocycles. The molecule has 0 atom stereocenters. The average molecular weight is 291 g/mol. The molecule has 0 unspecified atom stereocenters. The normalized spacial score (nSPS) is 16.0. The second-order valence-electron chi connectivity index (χ2n) is 5.07. The molecule has 0 amide bonds. The van der Waals surface area contributed by atoms with Gasteiger partial charge in [-0.05, 0) is 37.1 Å². The molecule has 3 rings (SSSR count). The summed E-state index contributed by atoms with van der Waals surface area (Å²) in [4.78, 5) is 16.7. The lowest BCUT2D eigenvalue weighted by atomic mass is 10.0. The summed E-state index contributed by atoms with van der Waals surface area (Å²) in [6.45, 7) is 0.863. The van der Waals surface area contributed by atoms with Crippen LogP contribution in [0.2, 0.25) is 5.02 Å². The van der Waals surface area contributed by atoms with E-state index in [1.54, 1.807) is 0 Å². The van der Waals surface area contributed by atoms with E-state index in [4.69, 9.17) is 11.6 Å². The van der Waals surface area contributed by atoms with Crippen LogP contribution < -0.4 is 0 Å². The van der Waals surface area contributed by atoms with Crippen molar-refractivity contribution < 1.29 is 9.90 Å². The highest BCUT2D eigenvalue weighted by Gasteiger charge is 2.24. The van der Waals surface area contributed by atoms with E-state index < -0.39 is 5.97 Å². The van der Waals surface area contributed by atoms with Gasteiger partial charge in [-0.25, -0.2) is 4.79 Å². The summed E-state index contributed by atoms with van der Waals surface area (Å²) >= 11 is 5.99. The second-order valence-corrected chi connectivity index (χ2v) is 5.51. The van der Waals surface area contributed by atoms with Gasteiger partial charge in [0.15, 0.2) is 0 Å². The molecule has 5 heteroatoms. The monoisotopic (exact) mass is 290 g/mol. The van der Waals surface area contributed by atoms with Gasteiger partial charge in [-0.2, -0.15) is 0 Å². The van der Waals surface area contributed by atoms with Crippen molar-refractivity contribution in [1.82, 2.24) is 9.88 Å². The number of H-pyrrole nitrogens is 1. The molecule has 0 radical (unpaired) electrons. The minimum atomic E-state index is -0.844. The first kappa shape index (κ1) is 13.1. The van der Waals surface area contributed by atoms with Crippen molar-refractivity contribution in [2.24, 2.45) is 0 Å². The SMILES string of the molecule is CN1CCCC(C(=O)O)=C1c1cc2cc(Cl)ccc2[nH]1. The van der Waals surface area contributed by atoms with Crippen molar-refractivity contribution >= 4 is 34.2 Å². The molecule has 2 N–H and O–H groups in total. The summed E-state index contributed by atoms with van der Waals surface area (Å²) < 4.78 is 0. The smallest absolute Gasteiger partial charge is 0.333 e. The molecule has 20 heavy (non-hydrogen) atoms. The van der Waals surface area contributed by atoms with Crippen molar-refractivity contribution in [2.75, 3.05) is 13.6 Å². The number of halogens is 1. The second kappa shape index (κ2) is 4.87. The first-order valence-electron chi connectivity index (χ1n) is 6.52. The van der Waals surface area contributed by atoms with Crippen LogP contribution in [-0.2, 0) is 4.79 Å². The molecular weight excluding hydrogens is 276 g/mol.